The summed E-state index contributed by atoms with van der Waals surface area (Å²) in [6.45, 7) is 8.77. The summed E-state index contributed by atoms with van der Waals surface area (Å²) in [5.74, 6) is -1.05. The maximum Gasteiger partial charge on any atom is 0.328 e. The molecule has 1 aromatic rings. The monoisotopic (exact) mass is 289 g/mol. The fraction of sp³-hybridized carbons (Fsp3) is 0.412. The maximum absolute atomic E-state index is 12.5. The van der Waals surface area contributed by atoms with Gasteiger partial charge in [-0.2, -0.15) is 0 Å². The second-order valence-corrected chi connectivity index (χ2v) is 6.47. The molecule has 0 aliphatic heterocycles. The predicted molar refractivity (Wildman–Crippen MR) is 84.3 cm³/mol. The van der Waals surface area contributed by atoms with Crippen molar-refractivity contribution in [1.82, 2.24) is 4.90 Å². The number of nitrogens with zero attached hydrogens (tertiary/aromatic N) is 1. The van der Waals surface area contributed by atoms with Gasteiger partial charge in [0.2, 0.25) is 0 Å². The minimum atomic E-state index is -1.01. The van der Waals surface area contributed by atoms with Crippen LogP contribution >= 0.6 is 0 Å². The third-order valence-electron chi connectivity index (χ3n) is 2.97. The topological polar surface area (TPSA) is 57.6 Å². The molecule has 4 heteroatoms. The molecular weight excluding hydrogens is 266 g/mol. The van der Waals surface area contributed by atoms with Gasteiger partial charge in [-0.25, -0.2) is 4.79 Å². The van der Waals surface area contributed by atoms with E-state index in [-0.39, 0.29) is 11.3 Å². The van der Waals surface area contributed by atoms with Crippen LogP contribution in [0.15, 0.2) is 24.3 Å². The standard InChI is InChI=1S/C17H23NO3/c1-12-6-7-13(8-9-15(19)20)10-14(12)16(21)18(5)11-17(2,3)4/h6-10H,11H2,1-5H3,(H,19,20). The average molecular weight is 289 g/mol. The molecule has 0 spiro atoms. The molecule has 0 bridgehead atoms. The van der Waals surface area contributed by atoms with E-state index in [2.05, 4.69) is 20.8 Å². The van der Waals surface area contributed by atoms with E-state index in [1.54, 1.807) is 24.1 Å². The number of carbonyl (C=O) groups is 2. The summed E-state index contributed by atoms with van der Waals surface area (Å²) < 4.78 is 0. The van der Waals surface area contributed by atoms with E-state index in [1.807, 2.05) is 13.0 Å². The molecule has 0 heterocycles. The number of hydrogen-bond donors (Lipinski definition) is 1. The molecule has 0 aromatic heterocycles. The molecular formula is C17H23NO3. The van der Waals surface area contributed by atoms with Gasteiger partial charge < -0.3 is 10.0 Å². The first-order valence-electron chi connectivity index (χ1n) is 6.87. The lowest BCUT2D eigenvalue weighted by molar-refractivity contribution is -0.131. The summed E-state index contributed by atoms with van der Waals surface area (Å²) in [5, 5.41) is 8.66. The molecule has 0 unspecified atom stereocenters. The highest BCUT2D eigenvalue weighted by atomic mass is 16.4. The van der Waals surface area contributed by atoms with Crippen molar-refractivity contribution >= 4 is 18.0 Å². The van der Waals surface area contributed by atoms with Crippen LogP contribution in [0.1, 0.15) is 42.3 Å². The maximum atomic E-state index is 12.5. The van der Waals surface area contributed by atoms with Crippen LogP contribution in [-0.4, -0.2) is 35.5 Å². The Morgan fingerprint density at radius 2 is 1.90 bits per heavy atom. The Hall–Kier alpha value is -2.10. The van der Waals surface area contributed by atoms with Crippen LogP contribution in [0.5, 0.6) is 0 Å². The number of rotatable bonds is 4. The molecule has 1 amide bonds. The second kappa shape index (κ2) is 6.57. The highest BCUT2D eigenvalue weighted by Gasteiger charge is 2.20. The van der Waals surface area contributed by atoms with E-state index in [1.165, 1.54) is 6.08 Å². The van der Waals surface area contributed by atoms with E-state index >= 15 is 0 Å². The van der Waals surface area contributed by atoms with E-state index in [0.717, 1.165) is 11.6 Å². The van der Waals surface area contributed by atoms with Crippen LogP contribution in [0.2, 0.25) is 0 Å². The van der Waals surface area contributed by atoms with Gasteiger partial charge in [-0.05, 0) is 35.6 Å². The van der Waals surface area contributed by atoms with Crippen LogP contribution in [0.25, 0.3) is 6.08 Å². The Balaban J connectivity index is 3.03. The van der Waals surface area contributed by atoms with Crippen molar-refractivity contribution in [2.75, 3.05) is 13.6 Å². The van der Waals surface area contributed by atoms with Crippen LogP contribution in [0.4, 0.5) is 0 Å². The highest BCUT2D eigenvalue weighted by molar-refractivity contribution is 5.96. The zero-order valence-corrected chi connectivity index (χ0v) is 13.3. The Labute approximate surface area is 126 Å². The van der Waals surface area contributed by atoms with Crippen molar-refractivity contribution in [3.05, 3.63) is 41.0 Å². The summed E-state index contributed by atoms with van der Waals surface area (Å²) in [7, 11) is 1.78. The summed E-state index contributed by atoms with van der Waals surface area (Å²) >= 11 is 0. The molecule has 0 saturated heterocycles. The lowest BCUT2D eigenvalue weighted by atomic mass is 9.95. The summed E-state index contributed by atoms with van der Waals surface area (Å²) in [6.07, 6.45) is 2.56. The van der Waals surface area contributed by atoms with Crippen LogP contribution in [0, 0.1) is 12.3 Å². The molecule has 1 rings (SSSR count). The van der Waals surface area contributed by atoms with Gasteiger partial charge >= 0.3 is 5.97 Å². The fourth-order valence-corrected chi connectivity index (χ4v) is 2.13. The van der Waals surface area contributed by atoms with E-state index < -0.39 is 5.97 Å². The molecule has 0 fully saturated rings. The molecule has 114 valence electrons. The largest absolute Gasteiger partial charge is 0.478 e. The third kappa shape index (κ3) is 5.42. The van der Waals surface area contributed by atoms with Crippen molar-refractivity contribution in [3.63, 3.8) is 0 Å². The van der Waals surface area contributed by atoms with E-state index in [9.17, 15) is 9.59 Å². The summed E-state index contributed by atoms with van der Waals surface area (Å²) in [4.78, 5) is 24.8. The fourth-order valence-electron chi connectivity index (χ4n) is 2.13. The third-order valence-corrected chi connectivity index (χ3v) is 2.97. The first-order chi connectivity index (χ1) is 9.60. The summed E-state index contributed by atoms with van der Waals surface area (Å²) in [5.41, 5.74) is 2.22. The minimum absolute atomic E-state index is 0.0269. The van der Waals surface area contributed by atoms with Crippen LogP contribution in [0.3, 0.4) is 0 Å². The summed E-state index contributed by atoms with van der Waals surface area (Å²) in [6, 6.07) is 5.37. The Morgan fingerprint density at radius 1 is 1.29 bits per heavy atom. The van der Waals surface area contributed by atoms with Gasteiger partial charge in [-0.15, -0.1) is 0 Å². The van der Waals surface area contributed by atoms with Crippen molar-refractivity contribution in [2.45, 2.75) is 27.7 Å². The quantitative estimate of drug-likeness (QED) is 0.866. The average Bonchev–Trinajstić information content (AvgIpc) is 2.34. The first kappa shape index (κ1) is 17.0. The van der Waals surface area contributed by atoms with Gasteiger partial charge in [-0.1, -0.05) is 32.9 Å². The number of aryl methyl sites for hydroxylation is 1. The zero-order valence-electron chi connectivity index (χ0n) is 13.3. The van der Waals surface area contributed by atoms with Crippen molar-refractivity contribution in [2.24, 2.45) is 5.41 Å². The molecule has 0 atom stereocenters. The van der Waals surface area contributed by atoms with Gasteiger partial charge in [0.15, 0.2) is 0 Å². The van der Waals surface area contributed by atoms with Gasteiger partial charge in [0.05, 0.1) is 0 Å². The predicted octanol–water partition coefficient (Wildman–Crippen LogP) is 3.21. The SMILES string of the molecule is Cc1ccc(C=CC(=O)O)cc1C(=O)N(C)CC(C)(C)C. The first-order valence-corrected chi connectivity index (χ1v) is 6.87. The Morgan fingerprint density at radius 3 is 2.43 bits per heavy atom. The van der Waals surface area contributed by atoms with Crippen molar-refractivity contribution < 1.29 is 14.7 Å². The number of hydrogen-bond acceptors (Lipinski definition) is 2. The van der Waals surface area contributed by atoms with Crippen molar-refractivity contribution in [3.8, 4) is 0 Å². The number of carboxylic acid groups (broad SMARTS) is 1. The van der Waals surface area contributed by atoms with Gasteiger partial charge in [0.1, 0.15) is 0 Å². The lowest BCUT2D eigenvalue weighted by Crippen LogP contribution is -2.34. The molecule has 0 aliphatic carbocycles. The van der Waals surface area contributed by atoms with Crippen LogP contribution in [-0.2, 0) is 4.79 Å². The Bertz CT molecular complexity index is 568. The molecule has 4 nitrogen and oxygen atoms in total. The number of benzene rings is 1. The molecule has 0 aliphatic rings. The zero-order chi connectivity index (χ0) is 16.2. The molecule has 0 saturated carbocycles. The number of carbonyl (C=O) groups excluding carboxylic acids is 1. The van der Waals surface area contributed by atoms with E-state index in [4.69, 9.17) is 5.11 Å². The highest BCUT2D eigenvalue weighted by Crippen LogP contribution is 2.19. The number of amides is 1. The normalized spacial score (nSPS) is 11.7. The van der Waals surface area contributed by atoms with Gasteiger partial charge in [-0.3, -0.25) is 4.79 Å². The molecule has 1 aromatic carbocycles. The van der Waals surface area contributed by atoms with Gasteiger partial charge in [0.25, 0.3) is 5.91 Å². The second-order valence-electron chi connectivity index (χ2n) is 6.47. The van der Waals surface area contributed by atoms with E-state index in [0.29, 0.717) is 17.7 Å². The number of carboxylic acids is 1. The van der Waals surface area contributed by atoms with Crippen LogP contribution < -0.4 is 0 Å². The smallest absolute Gasteiger partial charge is 0.328 e. The lowest BCUT2D eigenvalue weighted by Gasteiger charge is -2.27. The molecule has 21 heavy (non-hydrogen) atoms. The molecule has 0 radical (unpaired) electrons. The van der Waals surface area contributed by atoms with Gasteiger partial charge in [0, 0.05) is 25.2 Å². The minimum Gasteiger partial charge on any atom is -0.478 e. The Kier molecular flexibility index (Phi) is 5.30. The number of aliphatic carboxylic acids is 1. The van der Waals surface area contributed by atoms with Crippen molar-refractivity contribution in [1.29, 1.82) is 0 Å². The molecule has 1 N–H and O–H groups in total.